The first-order chi connectivity index (χ1) is 13.1. The summed E-state index contributed by atoms with van der Waals surface area (Å²) < 4.78 is 0. The van der Waals surface area contributed by atoms with E-state index in [1.54, 1.807) is 24.3 Å². The maximum atomic E-state index is 13.3. The summed E-state index contributed by atoms with van der Waals surface area (Å²) in [7, 11) is 0. The molecule has 0 unspecified atom stereocenters. The Bertz CT molecular complexity index is 910. The zero-order valence-electron chi connectivity index (χ0n) is 15.2. The lowest BCUT2D eigenvalue weighted by Crippen LogP contribution is -2.37. The van der Waals surface area contributed by atoms with E-state index in [0.717, 1.165) is 43.5 Å². The smallest absolute Gasteiger partial charge is 0.282 e. The quantitative estimate of drug-likeness (QED) is 0.740. The van der Waals surface area contributed by atoms with Gasteiger partial charge >= 0.3 is 0 Å². The van der Waals surface area contributed by atoms with Gasteiger partial charge in [-0.1, -0.05) is 41.4 Å². The van der Waals surface area contributed by atoms with E-state index in [1.807, 2.05) is 31.2 Å². The molecule has 0 atom stereocenters. The molecule has 0 saturated carbocycles. The molecule has 4 rings (SSSR count). The van der Waals surface area contributed by atoms with Crippen molar-refractivity contribution in [1.82, 2.24) is 4.90 Å². The van der Waals surface area contributed by atoms with E-state index in [4.69, 9.17) is 11.6 Å². The molecule has 5 heteroatoms. The second-order valence-electron chi connectivity index (χ2n) is 7.06. The Labute approximate surface area is 164 Å². The number of likely N-dealkylation sites (tertiary alicyclic amines) is 1. The van der Waals surface area contributed by atoms with Crippen LogP contribution in [0.25, 0.3) is 5.57 Å². The van der Waals surface area contributed by atoms with E-state index in [0.29, 0.717) is 22.0 Å². The van der Waals surface area contributed by atoms with Gasteiger partial charge in [0.15, 0.2) is 0 Å². The summed E-state index contributed by atoms with van der Waals surface area (Å²) in [5.74, 6) is -0.522. The predicted molar refractivity (Wildman–Crippen MR) is 107 cm³/mol. The number of halogens is 1. The summed E-state index contributed by atoms with van der Waals surface area (Å²) in [5.41, 5.74) is 3.47. The molecule has 1 saturated heterocycles. The van der Waals surface area contributed by atoms with Gasteiger partial charge in [-0.05, 0) is 56.0 Å². The van der Waals surface area contributed by atoms with Gasteiger partial charge in [-0.15, -0.1) is 0 Å². The van der Waals surface area contributed by atoms with Crippen LogP contribution in [-0.2, 0) is 9.59 Å². The molecule has 0 bridgehead atoms. The number of hydrogen-bond donors (Lipinski definition) is 0. The number of rotatable bonds is 3. The first kappa shape index (κ1) is 17.8. The molecule has 2 aromatic carbocycles. The Morgan fingerprint density at radius 1 is 0.815 bits per heavy atom. The molecule has 1 fully saturated rings. The molecule has 138 valence electrons. The molecule has 27 heavy (non-hydrogen) atoms. The number of aryl methyl sites for hydroxylation is 1. The van der Waals surface area contributed by atoms with Gasteiger partial charge in [-0.25, -0.2) is 4.90 Å². The minimum atomic E-state index is -0.272. The third kappa shape index (κ3) is 3.26. The SMILES string of the molecule is Cc1ccc(C2=C(N3CCCCC3)C(=O)N(c3ccc(Cl)cc3)C2=O)cc1. The Morgan fingerprint density at radius 3 is 2.07 bits per heavy atom. The maximum absolute atomic E-state index is 13.3. The maximum Gasteiger partial charge on any atom is 0.282 e. The van der Waals surface area contributed by atoms with Crippen LogP contribution in [0.4, 0.5) is 5.69 Å². The number of hydrogen-bond acceptors (Lipinski definition) is 3. The van der Waals surface area contributed by atoms with Gasteiger partial charge in [0.25, 0.3) is 11.8 Å². The fourth-order valence-corrected chi connectivity index (χ4v) is 3.86. The van der Waals surface area contributed by atoms with Crippen molar-refractivity contribution >= 4 is 34.7 Å². The van der Waals surface area contributed by atoms with Crippen molar-refractivity contribution < 1.29 is 9.59 Å². The van der Waals surface area contributed by atoms with Gasteiger partial charge in [-0.2, -0.15) is 0 Å². The lowest BCUT2D eigenvalue weighted by molar-refractivity contribution is -0.120. The third-order valence-electron chi connectivity index (χ3n) is 5.16. The number of anilines is 1. The second kappa shape index (κ2) is 7.20. The topological polar surface area (TPSA) is 40.6 Å². The Balaban J connectivity index is 1.81. The van der Waals surface area contributed by atoms with Crippen LogP contribution in [0.15, 0.2) is 54.2 Å². The van der Waals surface area contributed by atoms with Crippen molar-refractivity contribution in [1.29, 1.82) is 0 Å². The highest BCUT2D eigenvalue weighted by Gasteiger charge is 2.42. The lowest BCUT2D eigenvalue weighted by Gasteiger charge is -2.29. The fourth-order valence-electron chi connectivity index (χ4n) is 3.73. The van der Waals surface area contributed by atoms with Gasteiger partial charge in [0.2, 0.25) is 0 Å². The van der Waals surface area contributed by atoms with Crippen molar-refractivity contribution in [3.05, 3.63) is 70.4 Å². The van der Waals surface area contributed by atoms with Crippen LogP contribution in [0, 0.1) is 6.92 Å². The molecule has 0 spiro atoms. The molecule has 2 heterocycles. The highest BCUT2D eigenvalue weighted by molar-refractivity contribution is 6.45. The number of amides is 2. The van der Waals surface area contributed by atoms with Crippen LogP contribution in [-0.4, -0.2) is 29.8 Å². The molecule has 2 amide bonds. The van der Waals surface area contributed by atoms with Crippen molar-refractivity contribution in [2.75, 3.05) is 18.0 Å². The molecule has 2 aromatic rings. The molecule has 2 aliphatic heterocycles. The standard InChI is InChI=1S/C22H21ClN2O2/c1-15-5-7-16(8-6-15)19-20(24-13-3-2-4-14-24)22(27)25(21(19)26)18-11-9-17(23)10-12-18/h5-12H,2-4,13-14H2,1H3. The summed E-state index contributed by atoms with van der Waals surface area (Å²) in [6.07, 6.45) is 3.23. The molecule has 0 aliphatic carbocycles. The van der Waals surface area contributed by atoms with E-state index < -0.39 is 0 Å². The number of piperidine rings is 1. The van der Waals surface area contributed by atoms with E-state index in [1.165, 1.54) is 4.90 Å². The van der Waals surface area contributed by atoms with Crippen LogP contribution in [0.5, 0.6) is 0 Å². The second-order valence-corrected chi connectivity index (χ2v) is 7.50. The van der Waals surface area contributed by atoms with E-state index in [-0.39, 0.29) is 11.8 Å². The van der Waals surface area contributed by atoms with Crippen LogP contribution >= 0.6 is 11.6 Å². The van der Waals surface area contributed by atoms with Gasteiger partial charge in [0.05, 0.1) is 11.3 Å². The highest BCUT2D eigenvalue weighted by Crippen LogP contribution is 2.36. The van der Waals surface area contributed by atoms with Gasteiger partial charge in [0, 0.05) is 18.1 Å². The Hall–Kier alpha value is -2.59. The van der Waals surface area contributed by atoms with Crippen molar-refractivity contribution in [3.63, 3.8) is 0 Å². The highest BCUT2D eigenvalue weighted by atomic mass is 35.5. The first-order valence-corrected chi connectivity index (χ1v) is 9.64. The molecule has 0 N–H and O–H groups in total. The normalized spacial score (nSPS) is 17.9. The zero-order chi connectivity index (χ0) is 19.0. The van der Waals surface area contributed by atoms with Gasteiger partial charge in [0.1, 0.15) is 5.70 Å². The first-order valence-electron chi connectivity index (χ1n) is 9.27. The Kier molecular flexibility index (Phi) is 4.75. The molecule has 4 nitrogen and oxygen atoms in total. The summed E-state index contributed by atoms with van der Waals surface area (Å²) in [5, 5.41) is 0.570. The van der Waals surface area contributed by atoms with Gasteiger partial charge in [-0.3, -0.25) is 9.59 Å². The van der Waals surface area contributed by atoms with Crippen LogP contribution in [0.1, 0.15) is 30.4 Å². The van der Waals surface area contributed by atoms with Crippen LogP contribution in [0.3, 0.4) is 0 Å². The molecule has 0 radical (unpaired) electrons. The van der Waals surface area contributed by atoms with E-state index in [2.05, 4.69) is 4.90 Å². The molecular weight excluding hydrogens is 360 g/mol. The summed E-state index contributed by atoms with van der Waals surface area (Å²) in [6.45, 7) is 3.61. The minimum absolute atomic E-state index is 0.250. The summed E-state index contributed by atoms with van der Waals surface area (Å²) >= 11 is 5.97. The van der Waals surface area contributed by atoms with Crippen LogP contribution < -0.4 is 4.90 Å². The summed E-state index contributed by atoms with van der Waals surface area (Å²) in [6, 6.07) is 14.6. The fraction of sp³-hybridized carbons (Fsp3) is 0.273. The monoisotopic (exact) mass is 380 g/mol. The summed E-state index contributed by atoms with van der Waals surface area (Å²) in [4.78, 5) is 30.0. The molecule has 2 aliphatic rings. The number of carbonyl (C=O) groups is 2. The lowest BCUT2D eigenvalue weighted by atomic mass is 10.0. The largest absolute Gasteiger partial charge is 0.366 e. The molecule has 0 aromatic heterocycles. The third-order valence-corrected chi connectivity index (χ3v) is 5.41. The Morgan fingerprint density at radius 2 is 1.44 bits per heavy atom. The average molecular weight is 381 g/mol. The molecular formula is C22H21ClN2O2. The van der Waals surface area contributed by atoms with Crippen molar-refractivity contribution in [2.45, 2.75) is 26.2 Å². The average Bonchev–Trinajstić information content (AvgIpc) is 2.94. The minimum Gasteiger partial charge on any atom is -0.366 e. The van der Waals surface area contributed by atoms with Crippen molar-refractivity contribution in [2.24, 2.45) is 0 Å². The number of carbonyl (C=O) groups excluding carboxylic acids is 2. The number of benzene rings is 2. The van der Waals surface area contributed by atoms with Crippen molar-refractivity contribution in [3.8, 4) is 0 Å². The number of imide groups is 1. The van der Waals surface area contributed by atoms with Crippen LogP contribution in [0.2, 0.25) is 5.02 Å². The number of nitrogens with zero attached hydrogens (tertiary/aromatic N) is 2. The zero-order valence-corrected chi connectivity index (χ0v) is 16.0. The van der Waals surface area contributed by atoms with E-state index in [9.17, 15) is 9.59 Å². The van der Waals surface area contributed by atoms with E-state index >= 15 is 0 Å². The predicted octanol–water partition coefficient (Wildman–Crippen LogP) is 4.42. The van der Waals surface area contributed by atoms with Gasteiger partial charge < -0.3 is 4.90 Å².